The van der Waals surface area contributed by atoms with E-state index in [1.54, 1.807) is 18.2 Å². The second kappa shape index (κ2) is 8.33. The van der Waals surface area contributed by atoms with Gasteiger partial charge in [0.05, 0.1) is 0 Å². The van der Waals surface area contributed by atoms with E-state index in [-0.39, 0.29) is 11.5 Å². The van der Waals surface area contributed by atoms with Crippen molar-refractivity contribution in [1.82, 2.24) is 5.32 Å². The van der Waals surface area contributed by atoms with Crippen LogP contribution < -0.4 is 5.32 Å². The lowest BCUT2D eigenvalue weighted by Crippen LogP contribution is -2.23. The van der Waals surface area contributed by atoms with Gasteiger partial charge in [-0.1, -0.05) is 61.8 Å². The van der Waals surface area contributed by atoms with Gasteiger partial charge < -0.3 is 5.32 Å². The van der Waals surface area contributed by atoms with Gasteiger partial charge in [0, 0.05) is 11.6 Å². The first-order valence-corrected chi connectivity index (χ1v) is 8.12. The molecular formula is C20H19ClN2O. The minimum atomic E-state index is -0.389. The highest BCUT2D eigenvalue weighted by molar-refractivity contribution is 6.30. The van der Waals surface area contributed by atoms with E-state index in [0.29, 0.717) is 17.5 Å². The molecule has 0 saturated carbocycles. The van der Waals surface area contributed by atoms with E-state index < -0.39 is 0 Å². The molecule has 0 spiro atoms. The molecule has 1 N–H and O–H groups in total. The molecule has 0 atom stereocenters. The summed E-state index contributed by atoms with van der Waals surface area (Å²) in [4.78, 5) is 12.2. The predicted molar refractivity (Wildman–Crippen MR) is 97.4 cm³/mol. The van der Waals surface area contributed by atoms with Crippen molar-refractivity contribution in [3.63, 3.8) is 0 Å². The largest absolute Gasteiger partial charge is 0.347 e. The zero-order valence-corrected chi connectivity index (χ0v) is 14.5. The lowest BCUT2D eigenvalue weighted by atomic mass is 10.0. The van der Waals surface area contributed by atoms with Crippen LogP contribution >= 0.6 is 11.6 Å². The number of benzene rings is 2. The molecule has 24 heavy (non-hydrogen) atoms. The highest BCUT2D eigenvalue weighted by Crippen LogP contribution is 2.16. The average molecular weight is 339 g/mol. The minimum absolute atomic E-state index is 0.0845. The number of hydrogen-bond donors (Lipinski definition) is 1. The number of carbonyl (C=O) groups excluding carboxylic acids is 1. The Morgan fingerprint density at radius 1 is 1.17 bits per heavy atom. The molecule has 0 unspecified atom stereocenters. The molecule has 122 valence electrons. The van der Waals surface area contributed by atoms with Gasteiger partial charge in [-0.05, 0) is 40.8 Å². The van der Waals surface area contributed by atoms with Crippen LogP contribution in [0.2, 0.25) is 5.02 Å². The summed E-state index contributed by atoms with van der Waals surface area (Å²) in [6, 6.07) is 17.0. The molecule has 3 nitrogen and oxygen atoms in total. The average Bonchev–Trinajstić information content (AvgIpc) is 2.59. The van der Waals surface area contributed by atoms with Crippen LogP contribution in [0.15, 0.2) is 54.1 Å². The van der Waals surface area contributed by atoms with Gasteiger partial charge in [-0.15, -0.1) is 0 Å². The molecule has 0 saturated heterocycles. The fourth-order valence-corrected chi connectivity index (χ4v) is 2.30. The molecule has 0 aromatic heterocycles. The zero-order valence-electron chi connectivity index (χ0n) is 13.7. The Bertz CT molecular complexity index is 769. The van der Waals surface area contributed by atoms with Gasteiger partial charge in [-0.25, -0.2) is 0 Å². The van der Waals surface area contributed by atoms with Crippen molar-refractivity contribution in [1.29, 1.82) is 5.26 Å². The second-order valence-corrected chi connectivity index (χ2v) is 6.24. The first-order chi connectivity index (χ1) is 11.5. The summed E-state index contributed by atoms with van der Waals surface area (Å²) >= 11 is 5.83. The van der Waals surface area contributed by atoms with E-state index in [9.17, 15) is 10.1 Å². The third-order valence-electron chi connectivity index (χ3n) is 3.65. The van der Waals surface area contributed by atoms with Crippen molar-refractivity contribution in [3.8, 4) is 6.07 Å². The van der Waals surface area contributed by atoms with Gasteiger partial charge in [-0.2, -0.15) is 5.26 Å². The summed E-state index contributed by atoms with van der Waals surface area (Å²) < 4.78 is 0. The van der Waals surface area contributed by atoms with Crippen molar-refractivity contribution in [2.75, 3.05) is 0 Å². The van der Waals surface area contributed by atoms with Gasteiger partial charge in [-0.3, -0.25) is 4.79 Å². The maximum Gasteiger partial charge on any atom is 0.262 e. The molecule has 4 heteroatoms. The fourth-order valence-electron chi connectivity index (χ4n) is 2.17. The summed E-state index contributed by atoms with van der Waals surface area (Å²) in [5.41, 5.74) is 3.06. The van der Waals surface area contributed by atoms with Crippen molar-refractivity contribution < 1.29 is 4.79 Å². The molecule has 2 aromatic carbocycles. The van der Waals surface area contributed by atoms with Gasteiger partial charge in [0.15, 0.2) is 0 Å². The highest BCUT2D eigenvalue weighted by atomic mass is 35.5. The molecule has 0 aliphatic rings. The Balaban J connectivity index is 2.05. The smallest absolute Gasteiger partial charge is 0.262 e. The molecule has 0 fully saturated rings. The summed E-state index contributed by atoms with van der Waals surface area (Å²) in [6.45, 7) is 4.59. The van der Waals surface area contributed by atoms with Crippen LogP contribution in [0.25, 0.3) is 6.08 Å². The SMILES string of the molecule is CC(C)c1ccc(/C=C(/C#N)C(=O)NCc2ccc(Cl)cc2)cc1. The first kappa shape index (κ1) is 17.8. The van der Waals surface area contributed by atoms with E-state index in [4.69, 9.17) is 11.6 Å². The van der Waals surface area contributed by atoms with E-state index in [0.717, 1.165) is 11.1 Å². The molecule has 0 aliphatic carbocycles. The Morgan fingerprint density at radius 3 is 2.33 bits per heavy atom. The van der Waals surface area contributed by atoms with Crippen LogP contribution in [0.3, 0.4) is 0 Å². The van der Waals surface area contributed by atoms with E-state index in [1.807, 2.05) is 42.5 Å². The highest BCUT2D eigenvalue weighted by Gasteiger charge is 2.09. The van der Waals surface area contributed by atoms with Gasteiger partial charge in [0.2, 0.25) is 0 Å². The van der Waals surface area contributed by atoms with Crippen molar-refractivity contribution in [2.45, 2.75) is 26.3 Å². The Labute approximate surface area is 147 Å². The lowest BCUT2D eigenvalue weighted by molar-refractivity contribution is -0.117. The number of nitrogens with zero attached hydrogens (tertiary/aromatic N) is 1. The van der Waals surface area contributed by atoms with E-state index >= 15 is 0 Å². The number of halogens is 1. The molecule has 0 aliphatic heterocycles. The maximum atomic E-state index is 12.2. The third kappa shape index (κ3) is 4.97. The monoisotopic (exact) mass is 338 g/mol. The molecule has 2 aromatic rings. The van der Waals surface area contributed by atoms with E-state index in [1.165, 1.54) is 5.56 Å². The third-order valence-corrected chi connectivity index (χ3v) is 3.90. The number of amides is 1. The Hall–Kier alpha value is -2.57. The molecule has 2 rings (SSSR count). The summed E-state index contributed by atoms with van der Waals surface area (Å²) in [6.07, 6.45) is 1.60. The molecule has 1 amide bonds. The topological polar surface area (TPSA) is 52.9 Å². The molecular weight excluding hydrogens is 320 g/mol. The number of rotatable bonds is 5. The number of nitriles is 1. The van der Waals surface area contributed by atoms with Gasteiger partial charge in [0.25, 0.3) is 5.91 Å². The maximum absolute atomic E-state index is 12.2. The van der Waals surface area contributed by atoms with Crippen LogP contribution in [0.5, 0.6) is 0 Å². The van der Waals surface area contributed by atoms with Crippen LogP contribution in [0, 0.1) is 11.3 Å². The Kier molecular flexibility index (Phi) is 6.17. The molecule has 0 radical (unpaired) electrons. The minimum Gasteiger partial charge on any atom is -0.347 e. The van der Waals surface area contributed by atoms with Crippen molar-refractivity contribution in [3.05, 3.63) is 75.8 Å². The summed E-state index contributed by atoms with van der Waals surface area (Å²) in [5.74, 6) is 0.0570. The van der Waals surface area contributed by atoms with Crippen LogP contribution in [-0.2, 0) is 11.3 Å². The van der Waals surface area contributed by atoms with Crippen LogP contribution in [-0.4, -0.2) is 5.91 Å². The summed E-state index contributed by atoms with van der Waals surface area (Å²) in [7, 11) is 0. The zero-order chi connectivity index (χ0) is 17.5. The normalized spacial score (nSPS) is 11.2. The summed E-state index contributed by atoms with van der Waals surface area (Å²) in [5, 5.41) is 12.6. The molecule has 0 heterocycles. The number of nitrogens with one attached hydrogen (secondary N) is 1. The van der Waals surface area contributed by atoms with Crippen LogP contribution in [0.4, 0.5) is 0 Å². The van der Waals surface area contributed by atoms with Crippen LogP contribution in [0.1, 0.15) is 36.5 Å². The quantitative estimate of drug-likeness (QED) is 0.635. The Morgan fingerprint density at radius 2 is 1.79 bits per heavy atom. The van der Waals surface area contributed by atoms with E-state index in [2.05, 4.69) is 19.2 Å². The predicted octanol–water partition coefficient (Wildman–Crippen LogP) is 4.69. The first-order valence-electron chi connectivity index (χ1n) is 7.74. The van der Waals surface area contributed by atoms with Crippen molar-refractivity contribution in [2.24, 2.45) is 0 Å². The lowest BCUT2D eigenvalue weighted by Gasteiger charge is -2.06. The molecule has 0 bridgehead atoms. The number of hydrogen-bond acceptors (Lipinski definition) is 2. The van der Waals surface area contributed by atoms with Gasteiger partial charge in [0.1, 0.15) is 11.6 Å². The van der Waals surface area contributed by atoms with Crippen molar-refractivity contribution >= 4 is 23.6 Å². The number of carbonyl (C=O) groups is 1. The van der Waals surface area contributed by atoms with Gasteiger partial charge >= 0.3 is 0 Å². The fraction of sp³-hybridized carbons (Fsp3) is 0.200. The second-order valence-electron chi connectivity index (χ2n) is 5.80. The standard InChI is InChI=1S/C20H19ClN2O/c1-14(2)17-7-3-15(4-8-17)11-18(12-22)20(24)23-13-16-5-9-19(21)10-6-16/h3-11,14H,13H2,1-2H3,(H,23,24)/b18-11-.